The fourth-order valence-electron chi connectivity index (χ4n) is 3.83. The van der Waals surface area contributed by atoms with Crippen molar-refractivity contribution in [3.05, 3.63) is 132 Å². The molecule has 202 valence electrons. The number of amides is 2. The summed E-state index contributed by atoms with van der Waals surface area (Å²) in [4.78, 5) is 38.4. The fourth-order valence-corrected chi connectivity index (χ4v) is 5.77. The van der Waals surface area contributed by atoms with Crippen molar-refractivity contribution in [1.82, 2.24) is 10.7 Å². The van der Waals surface area contributed by atoms with E-state index in [-0.39, 0.29) is 18.2 Å². The first-order valence-electron chi connectivity index (χ1n) is 12.0. The van der Waals surface area contributed by atoms with Gasteiger partial charge in [0, 0.05) is 13.6 Å². The summed E-state index contributed by atoms with van der Waals surface area (Å²) >= 11 is 8.91. The summed E-state index contributed by atoms with van der Waals surface area (Å²) in [5, 5.41) is 6.71. The third kappa shape index (κ3) is 7.86. The van der Waals surface area contributed by atoms with Crippen LogP contribution in [0.15, 0.2) is 111 Å². The van der Waals surface area contributed by atoms with E-state index in [0.717, 1.165) is 14.7 Å². The molecule has 4 rings (SSSR count). The zero-order chi connectivity index (χ0) is 28.5. The molecule has 0 spiro atoms. The summed E-state index contributed by atoms with van der Waals surface area (Å²) in [5.41, 5.74) is 4.91. The minimum Gasteiger partial charge on any atom is -0.421 e. The maximum atomic E-state index is 13.1. The van der Waals surface area contributed by atoms with Crippen molar-refractivity contribution < 1.29 is 19.1 Å². The highest BCUT2D eigenvalue weighted by molar-refractivity contribution is 14.1. The molecule has 0 bridgehead atoms. The molecule has 4 aromatic rings. The second kappa shape index (κ2) is 14.3. The molecule has 0 aliphatic rings. The molecular weight excluding hydrogens is 753 g/mol. The first kappa shape index (κ1) is 29.6. The van der Waals surface area contributed by atoms with E-state index in [1.807, 2.05) is 72.8 Å². The van der Waals surface area contributed by atoms with Crippen molar-refractivity contribution in [2.24, 2.45) is 5.10 Å². The smallest absolute Gasteiger partial charge is 0.344 e. The number of ether oxygens (including phenoxy) is 1. The number of esters is 1. The van der Waals surface area contributed by atoms with E-state index in [1.165, 1.54) is 6.21 Å². The number of halogens is 3. The van der Waals surface area contributed by atoms with Gasteiger partial charge in [-0.15, -0.1) is 0 Å². The van der Waals surface area contributed by atoms with Crippen LogP contribution in [0.4, 0.5) is 0 Å². The van der Waals surface area contributed by atoms with Crippen LogP contribution < -0.4 is 15.5 Å². The standard InChI is InChI=1S/C30H22Br2IN3O4/c31-22-15-21(28(24(32)16-22)40-30(39)23-13-7-8-14-25(23)33)17-35-36-26(37)18-34-29(38)27(19-9-3-1-4-10-19)20-11-5-2-6-12-20/h1-17,27H,18H2,(H,34,38)(H,36,37)/b35-17-. The van der Waals surface area contributed by atoms with Gasteiger partial charge in [0.2, 0.25) is 5.91 Å². The molecule has 0 radical (unpaired) electrons. The number of carbonyl (C=O) groups excluding carboxylic acids is 3. The van der Waals surface area contributed by atoms with Gasteiger partial charge in [-0.25, -0.2) is 10.2 Å². The topological polar surface area (TPSA) is 96.9 Å². The van der Waals surface area contributed by atoms with Crippen LogP contribution in [-0.4, -0.2) is 30.5 Å². The van der Waals surface area contributed by atoms with Crippen LogP contribution in [0.3, 0.4) is 0 Å². The molecule has 2 N–H and O–H groups in total. The molecule has 4 aromatic carbocycles. The molecule has 0 fully saturated rings. The Hall–Kier alpha value is -3.35. The summed E-state index contributed by atoms with van der Waals surface area (Å²) in [6.45, 7) is -0.275. The molecule has 0 unspecified atom stereocenters. The van der Waals surface area contributed by atoms with Gasteiger partial charge in [-0.3, -0.25) is 9.59 Å². The molecule has 0 atom stereocenters. The van der Waals surface area contributed by atoms with Crippen molar-refractivity contribution >= 4 is 78.4 Å². The van der Waals surface area contributed by atoms with E-state index in [2.05, 4.69) is 70.3 Å². The van der Waals surface area contributed by atoms with Crippen molar-refractivity contribution in [3.8, 4) is 5.75 Å². The summed E-state index contributed by atoms with van der Waals surface area (Å²) in [5.74, 6) is -1.68. The molecule has 2 amide bonds. The zero-order valence-electron chi connectivity index (χ0n) is 20.8. The molecule has 10 heteroatoms. The summed E-state index contributed by atoms with van der Waals surface area (Å²) < 4.78 is 7.66. The Morgan fingerprint density at radius 2 is 1.48 bits per heavy atom. The minimum absolute atomic E-state index is 0.243. The SMILES string of the molecule is O=C(CNC(=O)C(c1ccccc1)c1ccccc1)N/N=C\c1cc(Br)cc(Br)c1OC(=O)c1ccccc1I. The largest absolute Gasteiger partial charge is 0.421 e. The van der Waals surface area contributed by atoms with Gasteiger partial charge in [-0.05, 0) is 73.9 Å². The normalized spacial score (nSPS) is 10.9. The number of nitrogens with one attached hydrogen (secondary N) is 2. The number of benzene rings is 4. The Morgan fingerprint density at radius 3 is 2.10 bits per heavy atom. The van der Waals surface area contributed by atoms with E-state index in [0.29, 0.717) is 20.1 Å². The monoisotopic (exact) mass is 773 g/mol. The molecule has 0 aliphatic heterocycles. The average Bonchev–Trinajstić information content (AvgIpc) is 2.95. The maximum absolute atomic E-state index is 13.1. The van der Waals surface area contributed by atoms with E-state index in [4.69, 9.17) is 4.74 Å². The molecule has 0 saturated carbocycles. The quantitative estimate of drug-likeness (QED) is 0.0674. The van der Waals surface area contributed by atoms with Gasteiger partial charge in [0.15, 0.2) is 5.75 Å². The molecule has 40 heavy (non-hydrogen) atoms. The van der Waals surface area contributed by atoms with E-state index in [1.54, 1.807) is 24.3 Å². The molecular formula is C30H22Br2IN3O4. The van der Waals surface area contributed by atoms with Gasteiger partial charge in [-0.2, -0.15) is 5.10 Å². The highest BCUT2D eigenvalue weighted by atomic mass is 127. The lowest BCUT2D eigenvalue weighted by Gasteiger charge is -2.17. The highest BCUT2D eigenvalue weighted by Crippen LogP contribution is 2.33. The number of rotatable bonds is 9. The Balaban J connectivity index is 1.42. The first-order chi connectivity index (χ1) is 19.3. The van der Waals surface area contributed by atoms with Gasteiger partial charge in [0.25, 0.3) is 5.91 Å². The Bertz CT molecular complexity index is 1510. The Labute approximate surface area is 261 Å². The lowest BCUT2D eigenvalue weighted by Crippen LogP contribution is -2.37. The lowest BCUT2D eigenvalue weighted by atomic mass is 9.90. The number of hydrazone groups is 1. The third-order valence-electron chi connectivity index (χ3n) is 5.67. The van der Waals surface area contributed by atoms with Crippen LogP contribution in [0.25, 0.3) is 0 Å². The van der Waals surface area contributed by atoms with Gasteiger partial charge in [-0.1, -0.05) is 88.7 Å². The van der Waals surface area contributed by atoms with Crippen LogP contribution in [0.5, 0.6) is 5.75 Å². The summed E-state index contributed by atoms with van der Waals surface area (Å²) in [6, 6.07) is 29.3. The van der Waals surface area contributed by atoms with E-state index in [9.17, 15) is 14.4 Å². The van der Waals surface area contributed by atoms with Crippen LogP contribution in [-0.2, 0) is 9.59 Å². The van der Waals surface area contributed by atoms with Crippen LogP contribution in [0.1, 0.15) is 33.0 Å². The fraction of sp³-hybridized carbons (Fsp3) is 0.0667. The van der Waals surface area contributed by atoms with Gasteiger partial charge in [0.05, 0.1) is 28.7 Å². The van der Waals surface area contributed by atoms with Crippen LogP contribution >= 0.6 is 54.5 Å². The highest BCUT2D eigenvalue weighted by Gasteiger charge is 2.23. The van der Waals surface area contributed by atoms with E-state index < -0.39 is 17.8 Å². The Morgan fingerprint density at radius 1 is 0.875 bits per heavy atom. The van der Waals surface area contributed by atoms with Gasteiger partial charge >= 0.3 is 5.97 Å². The summed E-state index contributed by atoms with van der Waals surface area (Å²) in [6.07, 6.45) is 1.37. The Kier molecular flexibility index (Phi) is 10.6. The number of hydrogen-bond donors (Lipinski definition) is 2. The maximum Gasteiger partial charge on any atom is 0.344 e. The number of hydrogen-bond acceptors (Lipinski definition) is 5. The number of carbonyl (C=O) groups is 3. The van der Waals surface area contributed by atoms with Gasteiger partial charge < -0.3 is 10.1 Å². The van der Waals surface area contributed by atoms with E-state index >= 15 is 0 Å². The van der Waals surface area contributed by atoms with Crippen molar-refractivity contribution in [2.45, 2.75) is 5.92 Å². The molecule has 0 saturated heterocycles. The number of nitrogens with zero attached hydrogens (tertiary/aromatic N) is 1. The van der Waals surface area contributed by atoms with Crippen LogP contribution in [0, 0.1) is 3.57 Å². The van der Waals surface area contributed by atoms with Crippen molar-refractivity contribution in [3.63, 3.8) is 0 Å². The third-order valence-corrected chi connectivity index (χ3v) is 7.66. The predicted octanol–water partition coefficient (Wildman–Crippen LogP) is 6.43. The summed E-state index contributed by atoms with van der Waals surface area (Å²) in [7, 11) is 0. The second-order valence-electron chi connectivity index (χ2n) is 8.44. The first-order valence-corrected chi connectivity index (χ1v) is 14.6. The second-order valence-corrected chi connectivity index (χ2v) is 11.4. The van der Waals surface area contributed by atoms with Crippen LogP contribution in [0.2, 0.25) is 0 Å². The van der Waals surface area contributed by atoms with Crippen molar-refractivity contribution in [2.75, 3.05) is 6.54 Å². The molecule has 0 aromatic heterocycles. The minimum atomic E-state index is -0.567. The molecule has 7 nitrogen and oxygen atoms in total. The zero-order valence-corrected chi connectivity index (χ0v) is 26.1. The molecule has 0 aliphatic carbocycles. The van der Waals surface area contributed by atoms with Gasteiger partial charge in [0.1, 0.15) is 0 Å². The lowest BCUT2D eigenvalue weighted by molar-refractivity contribution is -0.126. The predicted molar refractivity (Wildman–Crippen MR) is 169 cm³/mol. The van der Waals surface area contributed by atoms with Crippen molar-refractivity contribution in [1.29, 1.82) is 0 Å². The molecule has 0 heterocycles. The average molecular weight is 775 g/mol.